The highest BCUT2D eigenvalue weighted by Crippen LogP contribution is 2.17. The third kappa shape index (κ3) is 6.53. The van der Waals surface area contributed by atoms with E-state index in [1.807, 2.05) is 18.2 Å². The largest absolute Gasteiger partial charge is 0.497 e. The molecular formula is C18H21BrN2O5S. The van der Waals surface area contributed by atoms with Crippen LogP contribution in [0.15, 0.2) is 57.9 Å². The van der Waals surface area contributed by atoms with E-state index in [1.54, 1.807) is 18.2 Å². The van der Waals surface area contributed by atoms with E-state index in [1.165, 1.54) is 26.2 Å². The number of benzene rings is 2. The highest BCUT2D eigenvalue weighted by molar-refractivity contribution is 9.10. The van der Waals surface area contributed by atoms with Gasteiger partial charge in [-0.05, 0) is 49.4 Å². The van der Waals surface area contributed by atoms with Gasteiger partial charge < -0.3 is 14.8 Å². The molecule has 0 aliphatic heterocycles. The Kier molecular flexibility index (Phi) is 7.64. The van der Waals surface area contributed by atoms with Crippen LogP contribution in [0.4, 0.5) is 0 Å². The van der Waals surface area contributed by atoms with Gasteiger partial charge in [-0.25, -0.2) is 8.42 Å². The zero-order valence-corrected chi connectivity index (χ0v) is 17.3. The third-order valence-corrected chi connectivity index (χ3v) is 5.61. The summed E-state index contributed by atoms with van der Waals surface area (Å²) in [5.74, 6) is 0.780. The lowest BCUT2D eigenvalue weighted by molar-refractivity contribution is -0.122. The standard InChI is InChI=1S/C18H21BrN2O5S/c1-13(21-27(23,24)17-8-6-15(25-2)7-9-17)18(22)20-10-11-26-16-5-3-4-14(19)12-16/h3-9,12-13,21H,10-11H2,1-2H3,(H,20,22)/t13-/m0/s1. The first kappa shape index (κ1) is 21.2. The van der Waals surface area contributed by atoms with Gasteiger partial charge in [0.05, 0.1) is 24.6 Å². The second-order valence-electron chi connectivity index (χ2n) is 5.62. The molecule has 0 spiro atoms. The summed E-state index contributed by atoms with van der Waals surface area (Å²) >= 11 is 3.35. The van der Waals surface area contributed by atoms with E-state index in [0.29, 0.717) is 11.5 Å². The van der Waals surface area contributed by atoms with Crippen LogP contribution >= 0.6 is 15.9 Å². The van der Waals surface area contributed by atoms with E-state index in [0.717, 1.165) is 4.47 Å². The average molecular weight is 457 g/mol. The van der Waals surface area contributed by atoms with Crippen LogP contribution in [0.1, 0.15) is 6.92 Å². The highest BCUT2D eigenvalue weighted by Gasteiger charge is 2.21. The molecule has 0 fully saturated rings. The summed E-state index contributed by atoms with van der Waals surface area (Å²) < 4.78 is 38.4. The van der Waals surface area contributed by atoms with Crippen LogP contribution in [0.2, 0.25) is 0 Å². The van der Waals surface area contributed by atoms with Gasteiger partial charge in [0.15, 0.2) is 0 Å². The van der Waals surface area contributed by atoms with Crippen LogP contribution in [-0.2, 0) is 14.8 Å². The third-order valence-electron chi connectivity index (χ3n) is 3.56. The molecule has 9 heteroatoms. The van der Waals surface area contributed by atoms with Gasteiger partial charge in [-0.2, -0.15) is 4.72 Å². The molecule has 146 valence electrons. The average Bonchev–Trinajstić information content (AvgIpc) is 2.64. The van der Waals surface area contributed by atoms with Gasteiger partial charge in [0.1, 0.15) is 18.1 Å². The number of halogens is 1. The number of nitrogens with one attached hydrogen (secondary N) is 2. The van der Waals surface area contributed by atoms with Gasteiger partial charge in [0.2, 0.25) is 15.9 Å². The first-order valence-electron chi connectivity index (χ1n) is 8.14. The quantitative estimate of drug-likeness (QED) is 0.564. The first-order valence-corrected chi connectivity index (χ1v) is 10.4. The molecule has 0 saturated carbocycles. The van der Waals surface area contributed by atoms with Crippen LogP contribution in [0.3, 0.4) is 0 Å². The summed E-state index contributed by atoms with van der Waals surface area (Å²) in [5.41, 5.74) is 0. The predicted molar refractivity (Wildman–Crippen MR) is 105 cm³/mol. The number of ether oxygens (including phenoxy) is 2. The predicted octanol–water partition coefficient (Wildman–Crippen LogP) is 2.32. The summed E-state index contributed by atoms with van der Waals surface area (Å²) in [5, 5.41) is 2.64. The zero-order valence-electron chi connectivity index (χ0n) is 14.9. The summed E-state index contributed by atoms with van der Waals surface area (Å²) in [6, 6.07) is 12.3. The van der Waals surface area contributed by atoms with Crippen LogP contribution in [0, 0.1) is 0 Å². The van der Waals surface area contributed by atoms with E-state index >= 15 is 0 Å². The molecule has 7 nitrogen and oxygen atoms in total. The Morgan fingerprint density at radius 3 is 2.48 bits per heavy atom. The zero-order chi connectivity index (χ0) is 19.9. The van der Waals surface area contributed by atoms with Crippen molar-refractivity contribution >= 4 is 31.9 Å². The molecule has 2 N–H and O–H groups in total. The Morgan fingerprint density at radius 1 is 1.15 bits per heavy atom. The van der Waals surface area contributed by atoms with Gasteiger partial charge in [-0.1, -0.05) is 22.0 Å². The molecular weight excluding hydrogens is 436 g/mol. The van der Waals surface area contributed by atoms with Crippen LogP contribution in [0.25, 0.3) is 0 Å². The molecule has 0 bridgehead atoms. The molecule has 0 heterocycles. The summed E-state index contributed by atoms with van der Waals surface area (Å²) in [4.78, 5) is 12.2. The van der Waals surface area contributed by atoms with Crippen molar-refractivity contribution in [2.75, 3.05) is 20.3 Å². The van der Waals surface area contributed by atoms with Crippen molar-refractivity contribution < 1.29 is 22.7 Å². The number of carbonyl (C=O) groups excluding carboxylic acids is 1. The van der Waals surface area contributed by atoms with E-state index in [2.05, 4.69) is 26.0 Å². The lowest BCUT2D eigenvalue weighted by atomic mass is 10.3. The number of carbonyl (C=O) groups is 1. The van der Waals surface area contributed by atoms with Gasteiger partial charge in [0, 0.05) is 4.47 Å². The number of rotatable bonds is 9. The number of hydrogen-bond acceptors (Lipinski definition) is 5. The topological polar surface area (TPSA) is 93.7 Å². The van der Waals surface area contributed by atoms with Gasteiger partial charge >= 0.3 is 0 Å². The van der Waals surface area contributed by atoms with Gasteiger partial charge in [-0.15, -0.1) is 0 Å². The van der Waals surface area contributed by atoms with Crippen molar-refractivity contribution in [1.29, 1.82) is 0 Å². The molecule has 1 amide bonds. The molecule has 0 aliphatic carbocycles. The number of hydrogen-bond donors (Lipinski definition) is 2. The second-order valence-corrected chi connectivity index (χ2v) is 8.25. The lowest BCUT2D eigenvalue weighted by Crippen LogP contribution is -2.45. The number of methoxy groups -OCH3 is 1. The van der Waals surface area contributed by atoms with Crippen molar-refractivity contribution in [3.8, 4) is 11.5 Å². The Labute approximate surface area is 167 Å². The molecule has 2 aromatic rings. The maximum absolute atomic E-state index is 12.3. The monoisotopic (exact) mass is 456 g/mol. The minimum absolute atomic E-state index is 0.0564. The van der Waals surface area contributed by atoms with Crippen LogP contribution in [0.5, 0.6) is 11.5 Å². The SMILES string of the molecule is COc1ccc(S(=O)(=O)N[C@@H](C)C(=O)NCCOc2cccc(Br)c2)cc1. The minimum atomic E-state index is -3.81. The van der Waals surface area contributed by atoms with E-state index in [9.17, 15) is 13.2 Å². The molecule has 0 saturated heterocycles. The van der Waals surface area contributed by atoms with Crippen LogP contribution < -0.4 is 19.5 Å². The number of amides is 1. The molecule has 27 heavy (non-hydrogen) atoms. The Hall–Kier alpha value is -2.10. The van der Waals surface area contributed by atoms with Crippen molar-refractivity contribution in [3.05, 3.63) is 53.0 Å². The summed E-state index contributed by atoms with van der Waals surface area (Å²) in [6.45, 7) is 1.99. The molecule has 2 rings (SSSR count). The van der Waals surface area contributed by atoms with Gasteiger partial charge in [0.25, 0.3) is 0 Å². The number of sulfonamides is 1. The molecule has 0 unspecified atom stereocenters. The highest BCUT2D eigenvalue weighted by atomic mass is 79.9. The van der Waals surface area contributed by atoms with Crippen molar-refractivity contribution in [2.45, 2.75) is 17.9 Å². The molecule has 1 atom stereocenters. The second kappa shape index (κ2) is 9.72. The van der Waals surface area contributed by atoms with Crippen LogP contribution in [-0.4, -0.2) is 40.6 Å². The molecule has 2 aromatic carbocycles. The molecule has 0 aliphatic rings. The first-order chi connectivity index (χ1) is 12.8. The smallest absolute Gasteiger partial charge is 0.241 e. The maximum Gasteiger partial charge on any atom is 0.241 e. The Balaban J connectivity index is 1.81. The Morgan fingerprint density at radius 2 is 1.85 bits per heavy atom. The molecule has 0 radical (unpaired) electrons. The molecule has 0 aromatic heterocycles. The fraction of sp³-hybridized carbons (Fsp3) is 0.278. The summed E-state index contributed by atoms with van der Waals surface area (Å²) in [6.07, 6.45) is 0. The Bertz CT molecular complexity index is 872. The van der Waals surface area contributed by atoms with Gasteiger partial charge in [-0.3, -0.25) is 4.79 Å². The van der Waals surface area contributed by atoms with Crippen molar-refractivity contribution in [1.82, 2.24) is 10.0 Å². The normalized spacial score (nSPS) is 12.3. The fourth-order valence-corrected chi connectivity index (χ4v) is 3.74. The lowest BCUT2D eigenvalue weighted by Gasteiger charge is -2.15. The summed E-state index contributed by atoms with van der Waals surface area (Å²) in [7, 11) is -2.32. The minimum Gasteiger partial charge on any atom is -0.497 e. The van der Waals surface area contributed by atoms with E-state index in [-0.39, 0.29) is 18.0 Å². The van der Waals surface area contributed by atoms with Crippen molar-refractivity contribution in [3.63, 3.8) is 0 Å². The fourth-order valence-electron chi connectivity index (χ4n) is 2.16. The van der Waals surface area contributed by atoms with E-state index in [4.69, 9.17) is 9.47 Å². The van der Waals surface area contributed by atoms with Crippen molar-refractivity contribution in [2.24, 2.45) is 0 Å². The van der Waals surface area contributed by atoms with E-state index < -0.39 is 22.0 Å². The maximum atomic E-state index is 12.3.